The number of methoxy groups -OCH3 is 2. The average Bonchev–Trinajstić information content (AvgIpc) is 3.55. The summed E-state index contributed by atoms with van der Waals surface area (Å²) >= 11 is 0. The zero-order chi connectivity index (χ0) is 21.9. The van der Waals surface area contributed by atoms with Crippen molar-refractivity contribution in [2.45, 2.75) is 0 Å². The Balaban J connectivity index is 1.37. The van der Waals surface area contributed by atoms with Crippen LogP contribution in [-0.2, 0) is 0 Å². The van der Waals surface area contributed by atoms with Gasteiger partial charge in [0.05, 0.1) is 14.2 Å². The highest BCUT2D eigenvalue weighted by molar-refractivity contribution is 5.64. The second-order valence-electron chi connectivity index (χ2n) is 6.87. The highest BCUT2D eigenvalue weighted by Gasteiger charge is 2.14. The van der Waals surface area contributed by atoms with E-state index in [2.05, 4.69) is 20.4 Å². The largest absolute Gasteiger partial charge is 0.497 e. The lowest BCUT2D eigenvalue weighted by atomic mass is 10.1. The third kappa shape index (κ3) is 3.81. The van der Waals surface area contributed by atoms with Gasteiger partial charge in [-0.05, 0) is 60.7 Å². The van der Waals surface area contributed by atoms with Gasteiger partial charge in [0.15, 0.2) is 0 Å². The van der Waals surface area contributed by atoms with Gasteiger partial charge in [-0.25, -0.2) is 0 Å². The first-order valence-corrected chi connectivity index (χ1v) is 9.80. The lowest BCUT2D eigenvalue weighted by Gasteiger charge is -2.01. The standard InChI is InChI=1S/C24H18N4O4/c1-29-19-7-3-5-17(13-19)23-27-25-21(31-23)15-9-11-16(12-10-15)22-26-28-24(32-22)18-6-4-8-20(14-18)30-2/h3-14H,1-2H3. The van der Waals surface area contributed by atoms with E-state index in [4.69, 9.17) is 18.3 Å². The summed E-state index contributed by atoms with van der Waals surface area (Å²) in [4.78, 5) is 0. The Kier molecular flexibility index (Phi) is 5.09. The topological polar surface area (TPSA) is 96.3 Å². The summed E-state index contributed by atoms with van der Waals surface area (Å²) in [6, 6.07) is 22.4. The van der Waals surface area contributed by atoms with Crippen LogP contribution >= 0.6 is 0 Å². The number of nitrogens with zero attached hydrogens (tertiary/aromatic N) is 4. The van der Waals surface area contributed by atoms with Gasteiger partial charge in [0.2, 0.25) is 23.6 Å². The van der Waals surface area contributed by atoms with Crippen LogP contribution < -0.4 is 9.47 Å². The van der Waals surface area contributed by atoms with Crippen molar-refractivity contribution in [3.8, 4) is 57.3 Å². The molecule has 0 amide bonds. The van der Waals surface area contributed by atoms with Gasteiger partial charge < -0.3 is 18.3 Å². The molecule has 3 aromatic carbocycles. The molecule has 5 aromatic rings. The summed E-state index contributed by atoms with van der Waals surface area (Å²) in [5, 5.41) is 16.6. The molecule has 0 aliphatic rings. The fraction of sp³-hybridized carbons (Fsp3) is 0.0833. The molecule has 0 unspecified atom stereocenters. The van der Waals surface area contributed by atoms with Gasteiger partial charge in [-0.15, -0.1) is 20.4 Å². The second kappa shape index (κ2) is 8.35. The number of hydrogen-bond acceptors (Lipinski definition) is 8. The van der Waals surface area contributed by atoms with Gasteiger partial charge in [0, 0.05) is 22.3 Å². The Morgan fingerprint density at radius 1 is 0.500 bits per heavy atom. The molecule has 8 heteroatoms. The maximum atomic E-state index is 5.84. The Morgan fingerprint density at radius 2 is 0.875 bits per heavy atom. The van der Waals surface area contributed by atoms with Crippen LogP contribution in [0.5, 0.6) is 11.5 Å². The minimum atomic E-state index is 0.414. The summed E-state index contributed by atoms with van der Waals surface area (Å²) in [6.07, 6.45) is 0. The third-order valence-electron chi connectivity index (χ3n) is 4.86. The quantitative estimate of drug-likeness (QED) is 0.368. The molecule has 0 bridgehead atoms. The first-order chi connectivity index (χ1) is 15.7. The summed E-state index contributed by atoms with van der Waals surface area (Å²) in [5.41, 5.74) is 3.14. The van der Waals surface area contributed by atoms with Crippen LogP contribution in [0, 0.1) is 0 Å². The number of rotatable bonds is 6. The van der Waals surface area contributed by atoms with Crippen molar-refractivity contribution in [3.05, 3.63) is 72.8 Å². The number of aromatic nitrogens is 4. The van der Waals surface area contributed by atoms with Crippen LogP contribution in [0.1, 0.15) is 0 Å². The molecule has 2 heterocycles. The van der Waals surface area contributed by atoms with Crippen molar-refractivity contribution in [3.63, 3.8) is 0 Å². The molecule has 8 nitrogen and oxygen atoms in total. The van der Waals surface area contributed by atoms with Crippen LogP contribution in [0.25, 0.3) is 45.8 Å². The number of ether oxygens (including phenoxy) is 2. The van der Waals surface area contributed by atoms with Gasteiger partial charge in [0.1, 0.15) is 11.5 Å². The van der Waals surface area contributed by atoms with E-state index in [1.807, 2.05) is 72.8 Å². The van der Waals surface area contributed by atoms with Crippen molar-refractivity contribution in [1.82, 2.24) is 20.4 Å². The summed E-state index contributed by atoms with van der Waals surface area (Å²) in [7, 11) is 3.23. The molecule has 0 N–H and O–H groups in total. The highest BCUT2D eigenvalue weighted by atomic mass is 16.5. The van der Waals surface area contributed by atoms with E-state index in [9.17, 15) is 0 Å². The summed E-state index contributed by atoms with van der Waals surface area (Å²) in [6.45, 7) is 0. The van der Waals surface area contributed by atoms with E-state index in [1.165, 1.54) is 0 Å². The molecule has 5 rings (SSSR count). The minimum absolute atomic E-state index is 0.414. The normalized spacial score (nSPS) is 10.8. The molecule has 0 radical (unpaired) electrons. The lowest BCUT2D eigenvalue weighted by Crippen LogP contribution is -1.83. The molecule has 2 aromatic heterocycles. The molecule has 0 saturated carbocycles. The first-order valence-electron chi connectivity index (χ1n) is 9.80. The van der Waals surface area contributed by atoms with E-state index >= 15 is 0 Å². The zero-order valence-electron chi connectivity index (χ0n) is 17.4. The summed E-state index contributed by atoms with van der Waals surface area (Å²) in [5.74, 6) is 3.11. The fourth-order valence-corrected chi connectivity index (χ4v) is 3.18. The van der Waals surface area contributed by atoms with Gasteiger partial charge in [0.25, 0.3) is 0 Å². The molecule has 0 fully saturated rings. The van der Waals surface area contributed by atoms with Gasteiger partial charge >= 0.3 is 0 Å². The Labute approximate surface area is 183 Å². The maximum Gasteiger partial charge on any atom is 0.248 e. The Hall–Kier alpha value is -4.46. The number of benzene rings is 3. The fourth-order valence-electron chi connectivity index (χ4n) is 3.18. The number of hydrogen-bond donors (Lipinski definition) is 0. The molecule has 158 valence electrons. The first kappa shape index (κ1) is 19.5. The van der Waals surface area contributed by atoms with Gasteiger partial charge in [-0.1, -0.05) is 12.1 Å². The van der Waals surface area contributed by atoms with Crippen LogP contribution in [0.4, 0.5) is 0 Å². The Bertz CT molecular complexity index is 1250. The van der Waals surface area contributed by atoms with Gasteiger partial charge in [-0.2, -0.15) is 0 Å². The molecule has 0 saturated heterocycles. The predicted molar refractivity (Wildman–Crippen MR) is 117 cm³/mol. The minimum Gasteiger partial charge on any atom is -0.497 e. The average molecular weight is 426 g/mol. The van der Waals surface area contributed by atoms with Crippen molar-refractivity contribution in [1.29, 1.82) is 0 Å². The van der Waals surface area contributed by atoms with E-state index in [-0.39, 0.29) is 0 Å². The molecule has 0 atom stereocenters. The van der Waals surface area contributed by atoms with Gasteiger partial charge in [-0.3, -0.25) is 0 Å². The highest BCUT2D eigenvalue weighted by Crippen LogP contribution is 2.29. The summed E-state index contributed by atoms with van der Waals surface area (Å²) < 4.78 is 22.2. The smallest absolute Gasteiger partial charge is 0.248 e. The molecular formula is C24H18N4O4. The molecule has 32 heavy (non-hydrogen) atoms. The lowest BCUT2D eigenvalue weighted by molar-refractivity contribution is 0.414. The molecular weight excluding hydrogens is 408 g/mol. The van der Waals surface area contributed by atoms with E-state index in [0.29, 0.717) is 23.6 Å². The zero-order valence-corrected chi connectivity index (χ0v) is 17.4. The van der Waals surface area contributed by atoms with Crippen molar-refractivity contribution in [2.75, 3.05) is 14.2 Å². The predicted octanol–water partition coefficient (Wildman–Crippen LogP) is 5.14. The van der Waals surface area contributed by atoms with E-state index < -0.39 is 0 Å². The van der Waals surface area contributed by atoms with Crippen LogP contribution in [0.15, 0.2) is 81.6 Å². The SMILES string of the molecule is COc1cccc(-c2nnc(-c3ccc(-c4nnc(-c5cccc(OC)c5)o4)cc3)o2)c1. The van der Waals surface area contributed by atoms with Crippen LogP contribution in [-0.4, -0.2) is 34.6 Å². The molecule has 0 spiro atoms. The Morgan fingerprint density at radius 3 is 1.25 bits per heavy atom. The van der Waals surface area contributed by atoms with Crippen molar-refractivity contribution < 1.29 is 18.3 Å². The van der Waals surface area contributed by atoms with E-state index in [0.717, 1.165) is 33.8 Å². The van der Waals surface area contributed by atoms with Crippen molar-refractivity contribution >= 4 is 0 Å². The third-order valence-corrected chi connectivity index (χ3v) is 4.86. The molecule has 0 aliphatic heterocycles. The maximum absolute atomic E-state index is 5.84. The van der Waals surface area contributed by atoms with Crippen LogP contribution in [0.2, 0.25) is 0 Å². The monoisotopic (exact) mass is 426 g/mol. The second-order valence-corrected chi connectivity index (χ2v) is 6.87. The van der Waals surface area contributed by atoms with Crippen molar-refractivity contribution in [2.24, 2.45) is 0 Å². The van der Waals surface area contributed by atoms with Crippen LogP contribution in [0.3, 0.4) is 0 Å². The molecule has 0 aliphatic carbocycles. The van der Waals surface area contributed by atoms with E-state index in [1.54, 1.807) is 14.2 Å².